The van der Waals surface area contributed by atoms with Crippen LogP contribution in [0.3, 0.4) is 0 Å². The molecular weight excluding hydrogens is 324 g/mol. The highest BCUT2D eigenvalue weighted by atomic mass is 32.2. The van der Waals surface area contributed by atoms with Crippen LogP contribution in [0.5, 0.6) is 5.75 Å². The van der Waals surface area contributed by atoms with Crippen LogP contribution in [0.2, 0.25) is 0 Å². The molecule has 2 aromatic carbocycles. The molecule has 0 bridgehead atoms. The maximum absolute atomic E-state index is 12.2. The molecule has 5 heteroatoms. The maximum atomic E-state index is 12.2. The minimum absolute atomic E-state index is 0.123. The topological polar surface area (TPSA) is 63.6 Å². The zero-order valence-corrected chi connectivity index (χ0v) is 14.2. The number of aliphatic carboxylic acids is 1. The molecule has 0 aliphatic heterocycles. The Kier molecular flexibility index (Phi) is 6.21. The van der Waals surface area contributed by atoms with E-state index in [1.807, 2.05) is 30.5 Å². The highest BCUT2D eigenvalue weighted by molar-refractivity contribution is 7.98. The molecule has 0 aliphatic rings. The molecule has 0 aliphatic carbocycles. The number of carbonyl (C=O) groups excluding carboxylic acids is 1. The summed E-state index contributed by atoms with van der Waals surface area (Å²) in [6.45, 7) is 1.45. The van der Waals surface area contributed by atoms with Crippen molar-refractivity contribution in [1.29, 1.82) is 0 Å². The summed E-state index contributed by atoms with van der Waals surface area (Å²) in [7, 11) is 0. The summed E-state index contributed by atoms with van der Waals surface area (Å²) in [5.41, 5.74) is 1.47. The predicted octanol–water partition coefficient (Wildman–Crippen LogP) is 4.16. The molecule has 0 aromatic heterocycles. The maximum Gasteiger partial charge on any atom is 0.344 e. The van der Waals surface area contributed by atoms with Gasteiger partial charge in [0.05, 0.1) is 0 Å². The molecule has 1 N–H and O–H groups in total. The molecule has 2 aromatic rings. The van der Waals surface area contributed by atoms with E-state index in [-0.39, 0.29) is 5.78 Å². The second-order valence-corrected chi connectivity index (χ2v) is 5.97. The second-order valence-electron chi connectivity index (χ2n) is 5.09. The third-order valence-electron chi connectivity index (χ3n) is 3.34. The zero-order chi connectivity index (χ0) is 17.5. The average molecular weight is 342 g/mol. The summed E-state index contributed by atoms with van der Waals surface area (Å²) in [6.07, 6.45) is 4.36. The van der Waals surface area contributed by atoms with Crippen LogP contribution in [0.15, 0.2) is 59.5 Å². The van der Waals surface area contributed by atoms with Crippen LogP contribution in [-0.4, -0.2) is 29.2 Å². The standard InChI is InChI=1S/C19H18O4S/c1-13(19(21)22)23-16-8-6-15(7-9-16)18(20)12-5-14-3-10-17(24-2)11-4-14/h3-13H,1-2H3,(H,21,22). The largest absolute Gasteiger partial charge is 0.479 e. The number of ether oxygens (including phenoxy) is 1. The summed E-state index contributed by atoms with van der Waals surface area (Å²) in [6, 6.07) is 14.3. The summed E-state index contributed by atoms with van der Waals surface area (Å²) < 4.78 is 5.23. The Balaban J connectivity index is 2.01. The molecule has 0 saturated heterocycles. The van der Waals surface area contributed by atoms with Crippen LogP contribution < -0.4 is 4.74 Å². The van der Waals surface area contributed by atoms with Gasteiger partial charge in [-0.25, -0.2) is 4.79 Å². The minimum atomic E-state index is -1.04. The van der Waals surface area contributed by atoms with Gasteiger partial charge in [-0.15, -0.1) is 11.8 Å². The first-order valence-corrected chi connectivity index (χ1v) is 8.58. The van der Waals surface area contributed by atoms with Gasteiger partial charge in [-0.3, -0.25) is 4.79 Å². The molecule has 24 heavy (non-hydrogen) atoms. The highest BCUT2D eigenvalue weighted by Gasteiger charge is 2.12. The summed E-state index contributed by atoms with van der Waals surface area (Å²) in [5.74, 6) is -0.745. The summed E-state index contributed by atoms with van der Waals surface area (Å²) >= 11 is 1.67. The van der Waals surface area contributed by atoms with Crippen molar-refractivity contribution in [2.24, 2.45) is 0 Å². The highest BCUT2D eigenvalue weighted by Crippen LogP contribution is 2.17. The molecule has 4 nitrogen and oxygen atoms in total. The van der Waals surface area contributed by atoms with Crippen molar-refractivity contribution < 1.29 is 19.4 Å². The van der Waals surface area contributed by atoms with Crippen molar-refractivity contribution in [2.75, 3.05) is 6.26 Å². The van der Waals surface area contributed by atoms with Gasteiger partial charge < -0.3 is 9.84 Å². The number of hydrogen-bond acceptors (Lipinski definition) is 4. The Bertz CT molecular complexity index is 733. The Morgan fingerprint density at radius 1 is 1.08 bits per heavy atom. The lowest BCUT2D eigenvalue weighted by atomic mass is 10.1. The first-order chi connectivity index (χ1) is 11.5. The van der Waals surface area contributed by atoms with Gasteiger partial charge in [-0.1, -0.05) is 18.2 Å². The van der Waals surface area contributed by atoms with Crippen molar-refractivity contribution >= 4 is 29.6 Å². The fourth-order valence-corrected chi connectivity index (χ4v) is 2.34. The van der Waals surface area contributed by atoms with Crippen molar-refractivity contribution in [3.63, 3.8) is 0 Å². The molecule has 1 atom stereocenters. The molecular formula is C19H18O4S. The monoisotopic (exact) mass is 342 g/mol. The number of thioether (sulfide) groups is 1. The van der Waals surface area contributed by atoms with E-state index in [0.717, 1.165) is 5.56 Å². The van der Waals surface area contributed by atoms with Crippen LogP contribution in [0.25, 0.3) is 6.08 Å². The number of benzene rings is 2. The molecule has 0 amide bonds. The van der Waals surface area contributed by atoms with Crippen molar-refractivity contribution in [3.8, 4) is 5.75 Å². The molecule has 0 radical (unpaired) electrons. The van der Waals surface area contributed by atoms with Crippen LogP contribution in [0, 0.1) is 0 Å². The van der Waals surface area contributed by atoms with Gasteiger partial charge in [0, 0.05) is 10.5 Å². The Labute approximate surface area is 145 Å². The van der Waals surface area contributed by atoms with Crippen molar-refractivity contribution in [2.45, 2.75) is 17.9 Å². The van der Waals surface area contributed by atoms with E-state index >= 15 is 0 Å². The number of carboxylic acids is 1. The number of carbonyl (C=O) groups is 2. The van der Waals surface area contributed by atoms with E-state index in [1.54, 1.807) is 42.1 Å². The van der Waals surface area contributed by atoms with Gasteiger partial charge in [-0.05, 0) is 61.2 Å². The Hall–Kier alpha value is -2.53. The first kappa shape index (κ1) is 17.8. The van der Waals surface area contributed by atoms with Gasteiger partial charge in [0.25, 0.3) is 0 Å². The van der Waals surface area contributed by atoms with Gasteiger partial charge in [0.2, 0.25) is 0 Å². The third-order valence-corrected chi connectivity index (χ3v) is 4.09. The SMILES string of the molecule is CSc1ccc(C=CC(=O)c2ccc(OC(C)C(=O)O)cc2)cc1. The normalized spacial score (nSPS) is 12.1. The fraction of sp³-hybridized carbons (Fsp3) is 0.158. The van der Waals surface area contributed by atoms with Gasteiger partial charge in [0.1, 0.15) is 5.75 Å². The van der Waals surface area contributed by atoms with Crippen LogP contribution in [0.4, 0.5) is 0 Å². The molecule has 0 heterocycles. The van der Waals surface area contributed by atoms with Crippen molar-refractivity contribution in [3.05, 3.63) is 65.7 Å². The van der Waals surface area contributed by atoms with E-state index in [4.69, 9.17) is 9.84 Å². The lowest BCUT2D eigenvalue weighted by molar-refractivity contribution is -0.144. The van der Waals surface area contributed by atoms with Crippen LogP contribution in [0.1, 0.15) is 22.8 Å². The zero-order valence-electron chi connectivity index (χ0n) is 13.4. The number of rotatable bonds is 7. The van der Waals surface area contributed by atoms with E-state index in [2.05, 4.69) is 0 Å². The average Bonchev–Trinajstić information content (AvgIpc) is 2.60. The molecule has 0 fully saturated rings. The Morgan fingerprint density at radius 2 is 1.71 bits per heavy atom. The van der Waals surface area contributed by atoms with Gasteiger partial charge in [-0.2, -0.15) is 0 Å². The molecule has 0 spiro atoms. The van der Waals surface area contributed by atoms with Crippen molar-refractivity contribution in [1.82, 2.24) is 0 Å². The smallest absolute Gasteiger partial charge is 0.344 e. The van der Waals surface area contributed by atoms with E-state index < -0.39 is 12.1 Å². The second kappa shape index (κ2) is 8.36. The number of carboxylic acid groups (broad SMARTS) is 1. The summed E-state index contributed by atoms with van der Waals surface area (Å²) in [4.78, 5) is 24.1. The van der Waals surface area contributed by atoms with Gasteiger partial charge in [0.15, 0.2) is 11.9 Å². The first-order valence-electron chi connectivity index (χ1n) is 7.35. The van der Waals surface area contributed by atoms with Crippen LogP contribution >= 0.6 is 11.8 Å². The molecule has 124 valence electrons. The van der Waals surface area contributed by atoms with E-state index in [9.17, 15) is 9.59 Å². The Morgan fingerprint density at radius 3 is 2.25 bits per heavy atom. The molecule has 1 unspecified atom stereocenters. The van der Waals surface area contributed by atoms with E-state index in [0.29, 0.717) is 11.3 Å². The lowest BCUT2D eigenvalue weighted by Gasteiger charge is -2.10. The minimum Gasteiger partial charge on any atom is -0.479 e. The van der Waals surface area contributed by atoms with Gasteiger partial charge >= 0.3 is 5.97 Å². The molecule has 0 saturated carbocycles. The third kappa shape index (κ3) is 4.99. The summed E-state index contributed by atoms with van der Waals surface area (Å²) in [5, 5.41) is 8.81. The fourth-order valence-electron chi connectivity index (χ4n) is 1.94. The number of allylic oxidation sites excluding steroid dienone is 1. The van der Waals surface area contributed by atoms with Crippen LogP contribution in [-0.2, 0) is 4.79 Å². The number of hydrogen-bond donors (Lipinski definition) is 1. The van der Waals surface area contributed by atoms with E-state index in [1.165, 1.54) is 17.9 Å². The number of ketones is 1. The predicted molar refractivity (Wildman–Crippen MR) is 95.8 cm³/mol. The molecule has 2 rings (SSSR count). The lowest BCUT2D eigenvalue weighted by Crippen LogP contribution is -2.22. The quantitative estimate of drug-likeness (QED) is 0.465.